The summed E-state index contributed by atoms with van der Waals surface area (Å²) >= 11 is 0. The second kappa shape index (κ2) is 11.3. The summed E-state index contributed by atoms with van der Waals surface area (Å²) in [6.45, 7) is 3.53. The maximum atomic E-state index is 13.5. The third-order valence-electron chi connectivity index (χ3n) is 7.58. The van der Waals surface area contributed by atoms with E-state index in [0.717, 1.165) is 30.5 Å². The van der Waals surface area contributed by atoms with Gasteiger partial charge in [0.2, 0.25) is 5.91 Å². The first-order valence-electron chi connectivity index (χ1n) is 12.6. The Balaban J connectivity index is 1.55. The quantitative estimate of drug-likeness (QED) is 0.497. The summed E-state index contributed by atoms with van der Waals surface area (Å²) in [6, 6.07) is 8.31. The molecule has 8 nitrogen and oxygen atoms in total. The first kappa shape index (κ1) is 26.7. The van der Waals surface area contributed by atoms with E-state index in [0.29, 0.717) is 37.4 Å². The molecule has 0 unspecified atom stereocenters. The molecule has 0 bridgehead atoms. The molecule has 1 saturated heterocycles. The number of carbonyl (C=O) groups excluding carboxylic acids is 2. The molecule has 1 aliphatic heterocycles. The number of carbonyl (C=O) groups is 2. The molecule has 1 heterocycles. The topological polar surface area (TPSA) is 91.9 Å². The van der Waals surface area contributed by atoms with Crippen molar-refractivity contribution in [2.45, 2.75) is 50.1 Å². The average molecular weight is 517 g/mol. The third-order valence-corrected chi connectivity index (χ3v) is 7.58. The SMILES string of the molecule is CCNCC(=O)N1CC[C@]2(c3ccc(OC)c(OC)c3)CC[C@@H](NC(=O)Nc3ccc(F)c(F)c3)C[C@H]12. The Morgan fingerprint density at radius 3 is 2.54 bits per heavy atom. The van der Waals surface area contributed by atoms with E-state index in [4.69, 9.17) is 9.47 Å². The number of likely N-dealkylation sites (N-methyl/N-ethyl adjacent to an activating group) is 1. The lowest BCUT2D eigenvalue weighted by molar-refractivity contribution is -0.132. The molecule has 0 spiro atoms. The van der Waals surface area contributed by atoms with E-state index in [1.54, 1.807) is 14.2 Å². The van der Waals surface area contributed by atoms with Crippen LogP contribution in [0.2, 0.25) is 0 Å². The molecule has 3 N–H and O–H groups in total. The van der Waals surface area contributed by atoms with Crippen molar-refractivity contribution in [1.29, 1.82) is 0 Å². The van der Waals surface area contributed by atoms with Crippen molar-refractivity contribution < 1.29 is 27.8 Å². The maximum absolute atomic E-state index is 13.5. The van der Waals surface area contributed by atoms with Gasteiger partial charge in [0.15, 0.2) is 23.1 Å². The molecule has 0 aromatic heterocycles. The molecular formula is C27H34F2N4O4. The summed E-state index contributed by atoms with van der Waals surface area (Å²) in [5.41, 5.74) is 0.963. The molecule has 2 fully saturated rings. The highest BCUT2D eigenvalue weighted by Gasteiger charge is 2.53. The van der Waals surface area contributed by atoms with E-state index in [9.17, 15) is 18.4 Å². The largest absolute Gasteiger partial charge is 0.493 e. The zero-order valence-corrected chi connectivity index (χ0v) is 21.4. The van der Waals surface area contributed by atoms with Crippen molar-refractivity contribution in [2.24, 2.45) is 0 Å². The van der Waals surface area contributed by atoms with Crippen LogP contribution in [-0.4, -0.2) is 62.8 Å². The Labute approximate surface area is 215 Å². The van der Waals surface area contributed by atoms with E-state index in [1.807, 2.05) is 30.0 Å². The fourth-order valence-electron chi connectivity index (χ4n) is 5.72. The zero-order chi connectivity index (χ0) is 26.6. The first-order chi connectivity index (χ1) is 17.8. The van der Waals surface area contributed by atoms with Crippen LogP contribution in [0.25, 0.3) is 0 Å². The minimum atomic E-state index is -1.03. The molecule has 37 heavy (non-hydrogen) atoms. The van der Waals surface area contributed by atoms with Gasteiger partial charge in [0.05, 0.1) is 20.8 Å². The number of nitrogens with one attached hydrogen (secondary N) is 3. The highest BCUT2D eigenvalue weighted by Crippen LogP contribution is 2.50. The van der Waals surface area contributed by atoms with E-state index in [2.05, 4.69) is 16.0 Å². The van der Waals surface area contributed by atoms with E-state index in [-0.39, 0.29) is 35.6 Å². The second-order valence-electron chi connectivity index (χ2n) is 9.56. The summed E-state index contributed by atoms with van der Waals surface area (Å²) in [7, 11) is 3.20. The fraction of sp³-hybridized carbons (Fsp3) is 0.481. The minimum Gasteiger partial charge on any atom is -0.493 e. The summed E-state index contributed by atoms with van der Waals surface area (Å²) in [4.78, 5) is 27.7. The number of rotatable bonds is 8. The Kier molecular flexibility index (Phi) is 8.16. The van der Waals surface area contributed by atoms with Crippen LogP contribution >= 0.6 is 0 Å². The number of nitrogens with zero attached hydrogens (tertiary/aromatic N) is 1. The Hall–Kier alpha value is -3.40. The Morgan fingerprint density at radius 2 is 1.84 bits per heavy atom. The zero-order valence-electron chi connectivity index (χ0n) is 21.4. The fourth-order valence-corrected chi connectivity index (χ4v) is 5.72. The number of anilines is 1. The molecule has 2 aliphatic rings. The summed E-state index contributed by atoms with van der Waals surface area (Å²) in [6.07, 6.45) is 2.83. The highest BCUT2D eigenvalue weighted by molar-refractivity contribution is 5.89. The predicted molar refractivity (Wildman–Crippen MR) is 136 cm³/mol. The molecule has 10 heteroatoms. The summed E-state index contributed by atoms with van der Waals surface area (Å²) in [5.74, 6) is -0.705. The van der Waals surface area contributed by atoms with Gasteiger partial charge < -0.3 is 30.3 Å². The molecule has 200 valence electrons. The molecule has 4 rings (SSSR count). The predicted octanol–water partition coefficient (Wildman–Crippen LogP) is 3.80. The number of likely N-dealkylation sites (tertiary alicyclic amines) is 1. The van der Waals surface area contributed by atoms with Crippen molar-refractivity contribution in [3.05, 3.63) is 53.6 Å². The third kappa shape index (κ3) is 5.49. The molecule has 3 amide bonds. The van der Waals surface area contributed by atoms with Crippen molar-refractivity contribution in [3.8, 4) is 11.5 Å². The highest BCUT2D eigenvalue weighted by atomic mass is 19.2. The van der Waals surface area contributed by atoms with Crippen molar-refractivity contribution >= 4 is 17.6 Å². The van der Waals surface area contributed by atoms with Gasteiger partial charge in [-0.15, -0.1) is 0 Å². The van der Waals surface area contributed by atoms with Crippen LogP contribution in [0, 0.1) is 11.6 Å². The molecule has 2 aromatic rings. The molecular weight excluding hydrogens is 482 g/mol. The molecule has 1 aliphatic carbocycles. The molecule has 3 atom stereocenters. The van der Waals surface area contributed by atoms with Gasteiger partial charge in [-0.05, 0) is 62.1 Å². The second-order valence-corrected chi connectivity index (χ2v) is 9.56. The normalized spacial score (nSPS) is 22.8. The van der Waals surface area contributed by atoms with Crippen LogP contribution in [-0.2, 0) is 10.2 Å². The average Bonchev–Trinajstić information content (AvgIpc) is 3.29. The van der Waals surface area contributed by atoms with Gasteiger partial charge in [-0.1, -0.05) is 13.0 Å². The van der Waals surface area contributed by atoms with Crippen molar-refractivity contribution in [2.75, 3.05) is 39.2 Å². The Morgan fingerprint density at radius 1 is 1.05 bits per heavy atom. The van der Waals surface area contributed by atoms with E-state index in [1.165, 1.54) is 6.07 Å². The molecule has 1 saturated carbocycles. The number of benzene rings is 2. The summed E-state index contributed by atoms with van der Waals surface area (Å²) in [5, 5.41) is 8.65. The lowest BCUT2D eigenvalue weighted by atomic mass is 9.65. The van der Waals surface area contributed by atoms with Crippen LogP contribution in [0.1, 0.15) is 38.2 Å². The molecule has 0 radical (unpaired) electrons. The minimum absolute atomic E-state index is 0.0288. The van der Waals surface area contributed by atoms with Gasteiger partial charge in [-0.2, -0.15) is 0 Å². The number of hydrogen-bond donors (Lipinski definition) is 3. The number of halogens is 2. The van der Waals surface area contributed by atoms with Crippen LogP contribution < -0.4 is 25.4 Å². The monoisotopic (exact) mass is 516 g/mol. The van der Waals surface area contributed by atoms with Crippen LogP contribution in [0.5, 0.6) is 11.5 Å². The number of amides is 3. The van der Waals surface area contributed by atoms with Gasteiger partial charge in [0.1, 0.15) is 0 Å². The maximum Gasteiger partial charge on any atom is 0.319 e. The van der Waals surface area contributed by atoms with Gasteiger partial charge >= 0.3 is 6.03 Å². The van der Waals surface area contributed by atoms with Crippen LogP contribution in [0.4, 0.5) is 19.3 Å². The van der Waals surface area contributed by atoms with Crippen LogP contribution in [0.15, 0.2) is 36.4 Å². The number of fused-ring (bicyclic) bond motifs is 1. The van der Waals surface area contributed by atoms with Crippen molar-refractivity contribution in [3.63, 3.8) is 0 Å². The van der Waals surface area contributed by atoms with Crippen molar-refractivity contribution in [1.82, 2.24) is 15.5 Å². The lowest BCUT2D eigenvalue weighted by Gasteiger charge is -2.45. The van der Waals surface area contributed by atoms with E-state index < -0.39 is 17.7 Å². The number of hydrogen-bond acceptors (Lipinski definition) is 5. The number of methoxy groups -OCH3 is 2. The number of ether oxygens (including phenoxy) is 2. The smallest absolute Gasteiger partial charge is 0.319 e. The van der Waals surface area contributed by atoms with Gasteiger partial charge in [0.25, 0.3) is 0 Å². The Bertz CT molecular complexity index is 1150. The number of urea groups is 1. The lowest BCUT2D eigenvalue weighted by Crippen LogP contribution is -2.55. The van der Waals surface area contributed by atoms with Gasteiger partial charge in [0, 0.05) is 35.8 Å². The standard InChI is InChI=1S/C27H34F2N4O4/c1-4-30-16-25(34)33-12-11-27(17-5-8-22(36-2)23(13-17)37-3)10-9-19(15-24(27)33)32-26(35)31-18-6-7-20(28)21(29)14-18/h5-8,13-14,19,24,30H,4,9-12,15-16H2,1-3H3,(H2,31,32,35)/t19-,24+,27+/m1/s1. The van der Waals surface area contributed by atoms with Gasteiger partial charge in [-0.25, -0.2) is 13.6 Å². The van der Waals surface area contributed by atoms with Crippen LogP contribution in [0.3, 0.4) is 0 Å². The summed E-state index contributed by atoms with van der Waals surface area (Å²) < 4.78 is 37.7. The molecule has 2 aromatic carbocycles. The van der Waals surface area contributed by atoms with E-state index >= 15 is 0 Å². The van der Waals surface area contributed by atoms with Gasteiger partial charge in [-0.3, -0.25) is 4.79 Å². The first-order valence-corrected chi connectivity index (χ1v) is 12.6.